The van der Waals surface area contributed by atoms with Gasteiger partial charge in [0.05, 0.1) is 0 Å². The summed E-state index contributed by atoms with van der Waals surface area (Å²) in [6.45, 7) is 4.72. The van der Waals surface area contributed by atoms with Crippen LogP contribution in [0.4, 0.5) is 0 Å². The molecule has 136 valence electrons. The van der Waals surface area contributed by atoms with Gasteiger partial charge in [0, 0.05) is 35.5 Å². The number of carbonyl (C=O) groups is 2. The monoisotopic (exact) mass is 350 g/mol. The van der Waals surface area contributed by atoms with Crippen molar-refractivity contribution in [3.8, 4) is 0 Å². The average molecular weight is 350 g/mol. The molecule has 0 amide bonds. The van der Waals surface area contributed by atoms with Crippen LogP contribution in [0, 0.1) is 34.5 Å². The number of allylic oxidation sites excluding steroid dienone is 6. The van der Waals surface area contributed by atoms with Gasteiger partial charge in [-0.25, -0.2) is 0 Å². The minimum absolute atomic E-state index is 0.00876. The molecule has 0 aromatic rings. The Morgan fingerprint density at radius 1 is 1.15 bits per heavy atom. The van der Waals surface area contributed by atoms with Crippen molar-refractivity contribution in [2.75, 3.05) is 0 Å². The molecule has 0 aromatic heterocycles. The molecule has 5 aliphatic carbocycles. The maximum absolute atomic E-state index is 12.0. The number of hydrogen-bond donors (Lipinski definition) is 0. The molecule has 6 aliphatic rings. The molecule has 1 saturated heterocycles. The van der Waals surface area contributed by atoms with Crippen LogP contribution in [0.2, 0.25) is 0 Å². The molecule has 1 heterocycles. The SMILES string of the molecule is C[C@]12CCC(=O)C=C1C=CC1C2=CC[C@@]2(C)C1C1C[C@H]1C21CCC(=O)O1. The molecule has 1 aliphatic heterocycles. The van der Waals surface area contributed by atoms with Crippen molar-refractivity contribution in [2.45, 2.75) is 58.0 Å². The summed E-state index contributed by atoms with van der Waals surface area (Å²) in [7, 11) is 0. The summed E-state index contributed by atoms with van der Waals surface area (Å²) in [5.74, 6) is 2.56. The molecule has 26 heavy (non-hydrogen) atoms. The second-order valence-electron chi connectivity index (χ2n) is 9.96. The smallest absolute Gasteiger partial charge is 0.306 e. The molecule has 4 unspecified atom stereocenters. The van der Waals surface area contributed by atoms with E-state index in [2.05, 4.69) is 32.1 Å². The Labute approximate surface area is 154 Å². The van der Waals surface area contributed by atoms with Crippen molar-refractivity contribution in [1.82, 2.24) is 0 Å². The first-order valence-corrected chi connectivity index (χ1v) is 10.2. The van der Waals surface area contributed by atoms with E-state index >= 15 is 0 Å². The molecular formula is C23H26O3. The quantitative estimate of drug-likeness (QED) is 0.487. The van der Waals surface area contributed by atoms with Crippen LogP contribution in [-0.4, -0.2) is 17.4 Å². The summed E-state index contributed by atoms with van der Waals surface area (Å²) in [6, 6.07) is 0. The van der Waals surface area contributed by atoms with Gasteiger partial charge in [0.1, 0.15) is 5.60 Å². The predicted octanol–water partition coefficient (Wildman–Crippen LogP) is 4.15. The van der Waals surface area contributed by atoms with Gasteiger partial charge in [-0.05, 0) is 49.2 Å². The van der Waals surface area contributed by atoms with Crippen molar-refractivity contribution in [1.29, 1.82) is 0 Å². The Morgan fingerprint density at radius 3 is 2.77 bits per heavy atom. The van der Waals surface area contributed by atoms with Crippen molar-refractivity contribution in [2.24, 2.45) is 34.5 Å². The van der Waals surface area contributed by atoms with Crippen LogP contribution in [0.15, 0.2) is 35.5 Å². The minimum atomic E-state index is -0.213. The molecule has 1 spiro atoms. The number of ketones is 1. The van der Waals surface area contributed by atoms with Gasteiger partial charge in [0.25, 0.3) is 0 Å². The topological polar surface area (TPSA) is 43.4 Å². The number of hydrogen-bond acceptors (Lipinski definition) is 3. The fraction of sp³-hybridized carbons (Fsp3) is 0.652. The predicted molar refractivity (Wildman–Crippen MR) is 97.0 cm³/mol. The highest BCUT2D eigenvalue weighted by Gasteiger charge is 2.78. The Kier molecular flexibility index (Phi) is 2.63. The van der Waals surface area contributed by atoms with Gasteiger partial charge >= 0.3 is 5.97 Å². The summed E-state index contributed by atoms with van der Waals surface area (Å²) < 4.78 is 6.11. The number of fused-ring (bicyclic) bond motifs is 9. The van der Waals surface area contributed by atoms with Crippen LogP contribution in [0.3, 0.4) is 0 Å². The van der Waals surface area contributed by atoms with Gasteiger partial charge in [-0.3, -0.25) is 9.59 Å². The van der Waals surface area contributed by atoms with Gasteiger partial charge in [-0.15, -0.1) is 0 Å². The highest BCUT2D eigenvalue weighted by atomic mass is 16.6. The summed E-state index contributed by atoms with van der Waals surface area (Å²) in [6.07, 6.45) is 14.3. The van der Waals surface area contributed by atoms with E-state index in [1.807, 2.05) is 6.08 Å². The van der Waals surface area contributed by atoms with Crippen molar-refractivity contribution in [3.63, 3.8) is 0 Å². The zero-order valence-corrected chi connectivity index (χ0v) is 15.6. The van der Waals surface area contributed by atoms with Gasteiger partial charge in [0.15, 0.2) is 5.78 Å². The number of rotatable bonds is 0. The molecular weight excluding hydrogens is 324 g/mol. The molecule has 7 atom stereocenters. The Balaban J connectivity index is 1.48. The normalized spacial score (nSPS) is 53.3. The molecule has 0 N–H and O–H groups in total. The van der Waals surface area contributed by atoms with E-state index in [1.165, 1.54) is 17.6 Å². The first-order chi connectivity index (χ1) is 12.4. The highest BCUT2D eigenvalue weighted by molar-refractivity contribution is 5.92. The van der Waals surface area contributed by atoms with Gasteiger partial charge in [-0.1, -0.05) is 37.6 Å². The van der Waals surface area contributed by atoms with Crippen molar-refractivity contribution >= 4 is 11.8 Å². The maximum atomic E-state index is 12.0. The van der Waals surface area contributed by atoms with E-state index in [9.17, 15) is 9.59 Å². The summed E-state index contributed by atoms with van der Waals surface area (Å²) in [4.78, 5) is 24.0. The summed E-state index contributed by atoms with van der Waals surface area (Å²) in [5, 5.41) is 0. The van der Waals surface area contributed by atoms with E-state index < -0.39 is 0 Å². The second-order valence-corrected chi connectivity index (χ2v) is 9.96. The second kappa shape index (κ2) is 4.43. The maximum Gasteiger partial charge on any atom is 0.306 e. The highest BCUT2D eigenvalue weighted by Crippen LogP contribution is 2.77. The van der Waals surface area contributed by atoms with E-state index in [-0.39, 0.29) is 28.2 Å². The Hall–Kier alpha value is -1.64. The van der Waals surface area contributed by atoms with E-state index in [4.69, 9.17) is 4.74 Å². The molecule has 6 rings (SSSR count). The van der Waals surface area contributed by atoms with E-state index in [0.717, 1.165) is 19.3 Å². The van der Waals surface area contributed by atoms with E-state index in [1.54, 1.807) is 0 Å². The molecule has 3 nitrogen and oxygen atoms in total. The first-order valence-electron chi connectivity index (χ1n) is 10.2. The molecule has 0 aromatic carbocycles. The summed E-state index contributed by atoms with van der Waals surface area (Å²) in [5.41, 5.74) is 2.60. The molecule has 2 saturated carbocycles. The Bertz CT molecular complexity index is 848. The van der Waals surface area contributed by atoms with Crippen LogP contribution in [0.25, 0.3) is 0 Å². The van der Waals surface area contributed by atoms with Gasteiger partial charge in [0.2, 0.25) is 0 Å². The van der Waals surface area contributed by atoms with Crippen molar-refractivity contribution in [3.05, 3.63) is 35.5 Å². The molecule has 3 heteroatoms. The lowest BCUT2D eigenvalue weighted by atomic mass is 9.51. The third-order valence-corrected chi connectivity index (χ3v) is 9.04. The van der Waals surface area contributed by atoms with Crippen LogP contribution in [0.5, 0.6) is 0 Å². The number of carbonyl (C=O) groups excluding carboxylic acids is 2. The first kappa shape index (κ1) is 15.4. The van der Waals surface area contributed by atoms with Crippen LogP contribution < -0.4 is 0 Å². The fourth-order valence-electron chi connectivity index (χ4n) is 7.69. The lowest BCUT2D eigenvalue weighted by Crippen LogP contribution is -2.52. The lowest BCUT2D eigenvalue weighted by molar-refractivity contribution is -0.165. The van der Waals surface area contributed by atoms with Crippen LogP contribution in [0.1, 0.15) is 52.4 Å². The van der Waals surface area contributed by atoms with Gasteiger partial charge in [-0.2, -0.15) is 0 Å². The molecule has 0 bridgehead atoms. The van der Waals surface area contributed by atoms with Gasteiger partial charge < -0.3 is 4.74 Å². The fourth-order valence-corrected chi connectivity index (χ4v) is 7.69. The average Bonchev–Trinajstić information content (AvgIpc) is 3.24. The standard InChI is InChI=1S/C23H26O3/c1-21-8-5-14(24)11-13(21)3-4-15-17(21)6-9-22(2)20(15)16-12-18(16)23(22)10-7-19(25)26-23/h3-4,6,11,15-16,18,20H,5,7-10,12H2,1-2H3/t15?,16?,18-,20?,21+,22+,23?/m1/s1. The van der Waals surface area contributed by atoms with Crippen molar-refractivity contribution < 1.29 is 14.3 Å². The zero-order chi connectivity index (χ0) is 17.9. The minimum Gasteiger partial charge on any atom is -0.458 e. The third-order valence-electron chi connectivity index (χ3n) is 9.04. The zero-order valence-electron chi connectivity index (χ0n) is 15.6. The number of ether oxygens (including phenoxy) is 1. The van der Waals surface area contributed by atoms with E-state index in [0.29, 0.717) is 36.5 Å². The Morgan fingerprint density at radius 2 is 2.00 bits per heavy atom. The lowest BCUT2D eigenvalue weighted by Gasteiger charge is -2.54. The summed E-state index contributed by atoms with van der Waals surface area (Å²) >= 11 is 0. The number of esters is 1. The largest absolute Gasteiger partial charge is 0.458 e. The van der Waals surface area contributed by atoms with Crippen LogP contribution >= 0.6 is 0 Å². The van der Waals surface area contributed by atoms with Crippen LogP contribution in [-0.2, 0) is 14.3 Å². The molecule has 0 radical (unpaired) electrons. The third kappa shape index (κ3) is 1.54. The molecule has 3 fully saturated rings.